The second-order valence-electron chi connectivity index (χ2n) is 14.3. The molecule has 0 saturated carbocycles. The zero-order valence-corrected chi connectivity index (χ0v) is 29.2. The van der Waals surface area contributed by atoms with Gasteiger partial charge >= 0.3 is 0 Å². The zero-order valence-electron chi connectivity index (χ0n) is 27.2. The minimum absolute atomic E-state index is 0.138. The molecule has 4 aromatic rings. The van der Waals surface area contributed by atoms with Gasteiger partial charge in [-0.2, -0.15) is 0 Å². The Morgan fingerprint density at radius 1 is 0.405 bits per heavy atom. The molecule has 0 amide bonds. The molecule has 0 aliphatic heterocycles. The lowest BCUT2D eigenvalue weighted by atomic mass is 9.86. The monoisotopic (exact) mass is 592 g/mol. The highest BCUT2D eigenvalue weighted by molar-refractivity contribution is 6.75. The summed E-state index contributed by atoms with van der Waals surface area (Å²) in [5.74, 6) is 1.87. The molecule has 0 unspecified atom stereocenters. The predicted molar refractivity (Wildman–Crippen MR) is 186 cm³/mol. The molecule has 0 saturated heterocycles. The third-order valence-corrected chi connectivity index (χ3v) is 17.7. The van der Waals surface area contributed by atoms with E-state index >= 15 is 0 Å². The molecule has 0 bridgehead atoms. The van der Waals surface area contributed by atoms with Crippen molar-refractivity contribution in [3.63, 3.8) is 0 Å². The van der Waals surface area contributed by atoms with Gasteiger partial charge in [0.1, 0.15) is 11.5 Å². The van der Waals surface area contributed by atoms with E-state index in [9.17, 15) is 0 Å². The van der Waals surface area contributed by atoms with Gasteiger partial charge in [-0.05, 0) is 93.9 Å². The molecule has 4 heteroatoms. The molecule has 2 nitrogen and oxygen atoms in total. The third kappa shape index (κ3) is 7.16. The van der Waals surface area contributed by atoms with Crippen molar-refractivity contribution in [1.29, 1.82) is 0 Å². The van der Waals surface area contributed by atoms with Gasteiger partial charge in [-0.15, -0.1) is 0 Å². The van der Waals surface area contributed by atoms with Gasteiger partial charge in [-0.1, -0.05) is 126 Å². The third-order valence-electron chi connectivity index (χ3n) is 9.02. The highest BCUT2D eigenvalue weighted by Crippen LogP contribution is 2.41. The first-order valence-corrected chi connectivity index (χ1v) is 20.8. The van der Waals surface area contributed by atoms with Crippen molar-refractivity contribution in [3.05, 3.63) is 131 Å². The van der Waals surface area contributed by atoms with E-state index in [4.69, 9.17) is 8.85 Å². The van der Waals surface area contributed by atoms with Crippen molar-refractivity contribution in [3.8, 4) is 11.5 Å². The van der Waals surface area contributed by atoms with Crippen LogP contribution in [0.25, 0.3) is 11.1 Å². The highest BCUT2D eigenvalue weighted by atomic mass is 28.4. The van der Waals surface area contributed by atoms with Crippen LogP contribution in [0.1, 0.15) is 63.8 Å². The van der Waals surface area contributed by atoms with Crippen molar-refractivity contribution in [2.45, 2.75) is 77.8 Å². The first-order valence-electron chi connectivity index (χ1n) is 15.0. The summed E-state index contributed by atoms with van der Waals surface area (Å²) in [6.45, 7) is 22.8. The second-order valence-corrected chi connectivity index (χ2v) is 23.7. The van der Waals surface area contributed by atoms with Crippen LogP contribution in [0.4, 0.5) is 0 Å². The van der Waals surface area contributed by atoms with Crippen LogP contribution in [0.15, 0.2) is 109 Å². The first-order chi connectivity index (χ1) is 19.6. The number of hydrogen-bond acceptors (Lipinski definition) is 2. The summed E-state index contributed by atoms with van der Waals surface area (Å²) in [5.41, 5.74) is 7.05. The Hall–Kier alpha value is -3.35. The van der Waals surface area contributed by atoms with Crippen molar-refractivity contribution in [2.75, 3.05) is 0 Å². The summed E-state index contributed by atoms with van der Waals surface area (Å²) >= 11 is 0. The van der Waals surface area contributed by atoms with Gasteiger partial charge in [0.2, 0.25) is 16.6 Å². The Bertz CT molecular complexity index is 1370. The fourth-order valence-electron chi connectivity index (χ4n) is 4.40. The van der Waals surface area contributed by atoms with E-state index in [1.165, 1.54) is 22.3 Å². The van der Waals surface area contributed by atoms with E-state index in [1.54, 1.807) is 0 Å². The summed E-state index contributed by atoms with van der Waals surface area (Å²) in [7, 11) is -3.89. The summed E-state index contributed by atoms with van der Waals surface area (Å²) in [6, 6.07) is 38.8. The summed E-state index contributed by atoms with van der Waals surface area (Å²) in [4.78, 5) is 0. The molecule has 0 aliphatic carbocycles. The van der Waals surface area contributed by atoms with Gasteiger partial charge in [-0.25, -0.2) is 0 Å². The fourth-order valence-corrected chi connectivity index (χ4v) is 6.46. The van der Waals surface area contributed by atoms with Crippen LogP contribution in [0.5, 0.6) is 11.5 Å². The standard InChI is InChI=1S/C38H48O2Si2/c1-37(2,3)41(7,8)39-33-25-21-31(22-26-33)36(32-23-27-34(28-24-32)40-42(9,10)38(4,5)6)35(29-17-13-11-14-18-29)30-19-15-12-16-20-30/h11-28H,1-10H3. The smallest absolute Gasteiger partial charge is 0.250 e. The molecular formula is C38H48O2Si2. The first kappa shape index (κ1) is 31.6. The molecule has 0 spiro atoms. The van der Waals surface area contributed by atoms with Crippen molar-refractivity contribution >= 4 is 27.8 Å². The molecule has 0 N–H and O–H groups in total. The average Bonchev–Trinajstić information content (AvgIpc) is 2.92. The lowest BCUT2D eigenvalue weighted by Crippen LogP contribution is -2.43. The molecule has 0 heterocycles. The van der Waals surface area contributed by atoms with Gasteiger partial charge in [0.05, 0.1) is 0 Å². The summed E-state index contributed by atoms with van der Waals surface area (Å²) < 4.78 is 13.3. The van der Waals surface area contributed by atoms with E-state index in [-0.39, 0.29) is 10.1 Å². The Labute approximate surface area is 256 Å². The minimum atomic E-state index is -1.94. The highest BCUT2D eigenvalue weighted by Gasteiger charge is 2.39. The molecule has 4 aromatic carbocycles. The number of hydrogen-bond donors (Lipinski definition) is 0. The molecule has 0 radical (unpaired) electrons. The van der Waals surface area contributed by atoms with Crippen LogP contribution in [0, 0.1) is 0 Å². The maximum absolute atomic E-state index is 6.64. The van der Waals surface area contributed by atoms with E-state index in [1.807, 2.05) is 0 Å². The quantitative estimate of drug-likeness (QED) is 0.150. The predicted octanol–water partition coefficient (Wildman–Crippen LogP) is 11.5. The molecule has 0 fully saturated rings. The maximum Gasteiger partial charge on any atom is 0.250 e. The molecule has 0 aromatic heterocycles. The normalized spacial score (nSPS) is 12.5. The van der Waals surface area contributed by atoms with E-state index < -0.39 is 16.6 Å². The van der Waals surface area contributed by atoms with E-state index in [0.717, 1.165) is 22.6 Å². The van der Waals surface area contributed by atoms with Gasteiger partial charge < -0.3 is 8.85 Å². The van der Waals surface area contributed by atoms with Crippen LogP contribution < -0.4 is 8.85 Å². The van der Waals surface area contributed by atoms with Crippen LogP contribution in [0.2, 0.25) is 36.3 Å². The van der Waals surface area contributed by atoms with E-state index in [0.29, 0.717) is 0 Å². The molecule has 0 aliphatic rings. The van der Waals surface area contributed by atoms with E-state index in [2.05, 4.69) is 177 Å². The van der Waals surface area contributed by atoms with Crippen molar-refractivity contribution < 1.29 is 8.85 Å². The number of benzene rings is 4. The van der Waals surface area contributed by atoms with Gasteiger partial charge in [0, 0.05) is 0 Å². The zero-order chi connectivity index (χ0) is 30.8. The summed E-state index contributed by atoms with van der Waals surface area (Å²) in [6.07, 6.45) is 0. The van der Waals surface area contributed by atoms with Crippen LogP contribution in [-0.4, -0.2) is 16.6 Å². The van der Waals surface area contributed by atoms with Gasteiger partial charge in [0.15, 0.2) is 0 Å². The molecule has 4 rings (SSSR count). The second kappa shape index (κ2) is 12.1. The number of rotatable bonds is 8. The van der Waals surface area contributed by atoms with Crippen LogP contribution in [-0.2, 0) is 0 Å². The van der Waals surface area contributed by atoms with Crippen molar-refractivity contribution in [1.82, 2.24) is 0 Å². The Balaban J connectivity index is 1.87. The summed E-state index contributed by atoms with van der Waals surface area (Å²) in [5, 5.41) is 0.275. The lowest BCUT2D eigenvalue weighted by molar-refractivity contribution is 0.492. The SMILES string of the molecule is CC(C)(C)[Si](C)(C)Oc1ccc(C(=C(c2ccccc2)c2ccccc2)c2ccc(O[Si](C)(C)C(C)(C)C)cc2)cc1. The average molecular weight is 593 g/mol. The Morgan fingerprint density at radius 3 is 0.929 bits per heavy atom. The minimum Gasteiger partial charge on any atom is -0.544 e. The molecule has 0 atom stereocenters. The largest absolute Gasteiger partial charge is 0.544 e. The Morgan fingerprint density at radius 2 is 0.667 bits per heavy atom. The van der Waals surface area contributed by atoms with Gasteiger partial charge in [0.25, 0.3) is 0 Å². The van der Waals surface area contributed by atoms with Crippen LogP contribution in [0.3, 0.4) is 0 Å². The molecule has 220 valence electrons. The Kier molecular flexibility index (Phi) is 9.10. The lowest BCUT2D eigenvalue weighted by Gasteiger charge is -2.36. The van der Waals surface area contributed by atoms with Crippen LogP contribution >= 0.6 is 0 Å². The molecule has 42 heavy (non-hydrogen) atoms. The van der Waals surface area contributed by atoms with Crippen molar-refractivity contribution in [2.24, 2.45) is 0 Å². The maximum atomic E-state index is 6.64. The topological polar surface area (TPSA) is 18.5 Å². The van der Waals surface area contributed by atoms with Gasteiger partial charge in [-0.3, -0.25) is 0 Å². The molecular weight excluding hydrogens is 545 g/mol. The fraction of sp³-hybridized carbons (Fsp3) is 0.316.